The molecule has 0 amide bonds. The monoisotopic (exact) mass is 478 g/mol. The Labute approximate surface area is 189 Å². The molecule has 0 spiro atoms. The average Bonchev–Trinajstić information content (AvgIpc) is 2.78. The van der Waals surface area contributed by atoms with Crippen molar-refractivity contribution >= 4 is 38.6 Å². The standard InChI is InChI=1S/C25H23BrN2OS/c1-3-17(2)19-10-14-21(15-11-19)28-24(29)22-6-4-5-7-23(22)27-25(28)30-16-18-8-12-20(26)13-9-18/h4-15,17H,3,16H2,1-2H3. The Morgan fingerprint density at radius 3 is 2.40 bits per heavy atom. The zero-order chi connectivity index (χ0) is 21.1. The van der Waals surface area contributed by atoms with Crippen molar-refractivity contribution in [1.29, 1.82) is 0 Å². The number of para-hydroxylation sites is 1. The Hall–Kier alpha value is -2.37. The smallest absolute Gasteiger partial charge is 0.266 e. The van der Waals surface area contributed by atoms with Crippen molar-refractivity contribution in [3.63, 3.8) is 0 Å². The van der Waals surface area contributed by atoms with Crippen LogP contribution in [-0.4, -0.2) is 9.55 Å². The molecule has 0 aliphatic heterocycles. The van der Waals surface area contributed by atoms with Crippen LogP contribution in [-0.2, 0) is 5.75 Å². The second-order valence-corrected chi connectivity index (χ2v) is 9.23. The minimum Gasteiger partial charge on any atom is -0.268 e. The summed E-state index contributed by atoms with van der Waals surface area (Å²) in [6.07, 6.45) is 1.09. The Morgan fingerprint density at radius 2 is 1.70 bits per heavy atom. The Bertz CT molecular complexity index is 1220. The van der Waals surface area contributed by atoms with Crippen molar-refractivity contribution in [2.24, 2.45) is 0 Å². The maximum atomic E-state index is 13.4. The number of fused-ring (bicyclic) bond motifs is 1. The molecule has 0 aliphatic carbocycles. The largest absolute Gasteiger partial charge is 0.268 e. The number of rotatable bonds is 6. The van der Waals surface area contributed by atoms with Crippen LogP contribution in [0.15, 0.2) is 87.2 Å². The van der Waals surface area contributed by atoms with Gasteiger partial charge in [-0.2, -0.15) is 0 Å². The van der Waals surface area contributed by atoms with Crippen molar-refractivity contribution < 1.29 is 0 Å². The first-order chi connectivity index (χ1) is 14.6. The molecule has 3 aromatic carbocycles. The summed E-state index contributed by atoms with van der Waals surface area (Å²) in [6, 6.07) is 24.1. The first-order valence-corrected chi connectivity index (χ1v) is 11.8. The van der Waals surface area contributed by atoms with Gasteiger partial charge in [0.1, 0.15) is 0 Å². The highest BCUT2D eigenvalue weighted by Crippen LogP contribution is 2.26. The molecule has 0 N–H and O–H groups in total. The summed E-state index contributed by atoms with van der Waals surface area (Å²) in [5, 5.41) is 1.34. The van der Waals surface area contributed by atoms with Gasteiger partial charge >= 0.3 is 0 Å². The summed E-state index contributed by atoms with van der Waals surface area (Å²) < 4.78 is 2.80. The van der Waals surface area contributed by atoms with Crippen molar-refractivity contribution in [3.8, 4) is 5.69 Å². The molecule has 1 unspecified atom stereocenters. The van der Waals surface area contributed by atoms with Crippen LogP contribution in [0.25, 0.3) is 16.6 Å². The van der Waals surface area contributed by atoms with Gasteiger partial charge in [0.15, 0.2) is 5.16 Å². The molecule has 1 aromatic heterocycles. The minimum absolute atomic E-state index is 0.0322. The molecular weight excluding hydrogens is 456 g/mol. The van der Waals surface area contributed by atoms with E-state index in [-0.39, 0.29) is 5.56 Å². The highest BCUT2D eigenvalue weighted by atomic mass is 79.9. The lowest BCUT2D eigenvalue weighted by Crippen LogP contribution is -2.21. The minimum atomic E-state index is -0.0322. The molecule has 30 heavy (non-hydrogen) atoms. The molecule has 0 saturated heterocycles. The number of aromatic nitrogens is 2. The normalized spacial score (nSPS) is 12.2. The lowest BCUT2D eigenvalue weighted by atomic mass is 9.98. The van der Waals surface area contributed by atoms with E-state index in [0.29, 0.717) is 16.5 Å². The molecule has 4 rings (SSSR count). The Balaban J connectivity index is 1.78. The van der Waals surface area contributed by atoms with Gasteiger partial charge in [0.25, 0.3) is 5.56 Å². The Morgan fingerprint density at radius 1 is 1.00 bits per heavy atom. The molecule has 1 atom stereocenters. The second-order valence-electron chi connectivity index (χ2n) is 7.37. The quantitative estimate of drug-likeness (QED) is 0.222. The van der Waals surface area contributed by atoms with E-state index in [1.54, 1.807) is 16.3 Å². The van der Waals surface area contributed by atoms with E-state index >= 15 is 0 Å². The number of hydrogen-bond acceptors (Lipinski definition) is 3. The van der Waals surface area contributed by atoms with Gasteiger partial charge in [-0.1, -0.05) is 77.9 Å². The zero-order valence-electron chi connectivity index (χ0n) is 17.0. The van der Waals surface area contributed by atoms with E-state index in [1.807, 2.05) is 48.5 Å². The number of thioether (sulfide) groups is 1. The molecule has 0 bridgehead atoms. The second kappa shape index (κ2) is 9.19. The zero-order valence-corrected chi connectivity index (χ0v) is 19.4. The lowest BCUT2D eigenvalue weighted by molar-refractivity contribution is 0.732. The summed E-state index contributed by atoms with van der Waals surface area (Å²) in [7, 11) is 0. The van der Waals surface area contributed by atoms with E-state index in [1.165, 1.54) is 11.1 Å². The van der Waals surface area contributed by atoms with E-state index in [9.17, 15) is 4.79 Å². The van der Waals surface area contributed by atoms with Gasteiger partial charge in [-0.25, -0.2) is 4.98 Å². The molecule has 152 valence electrons. The van der Waals surface area contributed by atoms with Gasteiger partial charge < -0.3 is 0 Å². The van der Waals surface area contributed by atoms with Crippen molar-refractivity contribution in [2.45, 2.75) is 37.1 Å². The number of halogens is 1. The summed E-state index contributed by atoms with van der Waals surface area (Å²) in [4.78, 5) is 18.2. The van der Waals surface area contributed by atoms with E-state index < -0.39 is 0 Å². The summed E-state index contributed by atoms with van der Waals surface area (Å²) in [5.41, 5.74) is 4.02. The molecule has 5 heteroatoms. The van der Waals surface area contributed by atoms with Gasteiger partial charge in [-0.15, -0.1) is 0 Å². The van der Waals surface area contributed by atoms with Crippen LogP contribution in [0.2, 0.25) is 0 Å². The van der Waals surface area contributed by atoms with Crippen LogP contribution in [0.1, 0.15) is 37.3 Å². The molecule has 0 fully saturated rings. The fourth-order valence-corrected chi connectivity index (χ4v) is 4.59. The number of hydrogen-bond donors (Lipinski definition) is 0. The molecular formula is C25H23BrN2OS. The van der Waals surface area contributed by atoms with Gasteiger partial charge in [-0.05, 0) is 59.9 Å². The third-order valence-corrected chi connectivity index (χ3v) is 6.90. The lowest BCUT2D eigenvalue weighted by Gasteiger charge is -2.15. The van der Waals surface area contributed by atoms with E-state index in [2.05, 4.69) is 54.0 Å². The maximum absolute atomic E-state index is 13.4. The van der Waals surface area contributed by atoms with Gasteiger partial charge in [0, 0.05) is 10.2 Å². The highest BCUT2D eigenvalue weighted by Gasteiger charge is 2.14. The maximum Gasteiger partial charge on any atom is 0.266 e. The average molecular weight is 479 g/mol. The molecule has 1 heterocycles. The van der Waals surface area contributed by atoms with Crippen molar-refractivity contribution in [3.05, 3.63) is 98.7 Å². The van der Waals surface area contributed by atoms with Crippen molar-refractivity contribution in [1.82, 2.24) is 9.55 Å². The SMILES string of the molecule is CCC(C)c1ccc(-n2c(SCc3ccc(Br)cc3)nc3ccccc3c2=O)cc1. The Kier molecular flexibility index (Phi) is 6.40. The number of nitrogens with zero attached hydrogens (tertiary/aromatic N) is 2. The van der Waals surface area contributed by atoms with Crippen molar-refractivity contribution in [2.75, 3.05) is 0 Å². The summed E-state index contributed by atoms with van der Waals surface area (Å²) in [6.45, 7) is 4.41. The molecule has 3 nitrogen and oxygen atoms in total. The van der Waals surface area contributed by atoms with Crippen LogP contribution in [0.5, 0.6) is 0 Å². The van der Waals surface area contributed by atoms with Gasteiger partial charge in [0.2, 0.25) is 0 Å². The first-order valence-electron chi connectivity index (χ1n) is 10.1. The van der Waals surface area contributed by atoms with Crippen LogP contribution in [0, 0.1) is 0 Å². The van der Waals surface area contributed by atoms with E-state index in [4.69, 9.17) is 4.98 Å². The molecule has 4 aromatic rings. The molecule has 0 aliphatic rings. The van der Waals surface area contributed by atoms with Crippen LogP contribution >= 0.6 is 27.7 Å². The summed E-state index contributed by atoms with van der Waals surface area (Å²) >= 11 is 5.06. The summed E-state index contributed by atoms with van der Waals surface area (Å²) in [5.74, 6) is 1.24. The predicted octanol–water partition coefficient (Wildman–Crippen LogP) is 6.95. The van der Waals surface area contributed by atoms with Crippen LogP contribution in [0.3, 0.4) is 0 Å². The fourth-order valence-electron chi connectivity index (χ4n) is 3.35. The number of benzene rings is 3. The predicted molar refractivity (Wildman–Crippen MR) is 130 cm³/mol. The van der Waals surface area contributed by atoms with Crippen LogP contribution in [0.4, 0.5) is 0 Å². The molecule has 0 saturated carbocycles. The fraction of sp³-hybridized carbons (Fsp3) is 0.200. The highest BCUT2D eigenvalue weighted by molar-refractivity contribution is 9.10. The van der Waals surface area contributed by atoms with Gasteiger partial charge in [-0.3, -0.25) is 9.36 Å². The first kappa shape index (κ1) is 20.9. The van der Waals surface area contributed by atoms with Crippen LogP contribution < -0.4 is 5.56 Å². The third kappa shape index (κ3) is 4.37. The van der Waals surface area contributed by atoms with E-state index in [0.717, 1.165) is 27.9 Å². The topological polar surface area (TPSA) is 34.9 Å². The molecule has 0 radical (unpaired) electrons. The van der Waals surface area contributed by atoms with Gasteiger partial charge in [0.05, 0.1) is 16.6 Å². The third-order valence-electron chi connectivity index (χ3n) is 5.36.